The quantitative estimate of drug-likeness (QED) is 0.369. The fourth-order valence-corrected chi connectivity index (χ4v) is 3.29. The van der Waals surface area contributed by atoms with Gasteiger partial charge in [-0.2, -0.15) is 0 Å². The summed E-state index contributed by atoms with van der Waals surface area (Å²) in [5, 5.41) is 13.2. The molecule has 0 fully saturated rings. The molecule has 1 atom stereocenters. The molecule has 174 valence electrons. The van der Waals surface area contributed by atoms with E-state index in [0.717, 1.165) is 24.9 Å². The van der Waals surface area contributed by atoms with Crippen LogP contribution in [0, 0.1) is 0 Å². The molecule has 0 spiro atoms. The molecule has 8 heteroatoms. The van der Waals surface area contributed by atoms with Gasteiger partial charge in [0, 0.05) is 12.5 Å². The van der Waals surface area contributed by atoms with Crippen molar-refractivity contribution in [2.24, 2.45) is 0 Å². The number of halogens is 1. The van der Waals surface area contributed by atoms with E-state index >= 15 is 0 Å². The van der Waals surface area contributed by atoms with Crippen molar-refractivity contribution in [3.63, 3.8) is 0 Å². The number of unbranched alkanes of at least 4 members (excludes halogenated alkanes) is 1. The van der Waals surface area contributed by atoms with E-state index < -0.39 is 17.9 Å². The maximum atomic E-state index is 12.8. The minimum absolute atomic E-state index is 0.0442. The van der Waals surface area contributed by atoms with Gasteiger partial charge in [-0.1, -0.05) is 41.9 Å². The second kappa shape index (κ2) is 12.9. The molecule has 32 heavy (non-hydrogen) atoms. The zero-order valence-electron chi connectivity index (χ0n) is 18.8. The van der Waals surface area contributed by atoms with Crippen LogP contribution < -0.4 is 10.1 Å². The van der Waals surface area contributed by atoms with E-state index in [1.165, 1.54) is 12.1 Å². The summed E-state index contributed by atoms with van der Waals surface area (Å²) >= 11 is 6.27. The maximum Gasteiger partial charge on any atom is 0.328 e. The Morgan fingerprint density at radius 1 is 1.16 bits per heavy atom. The first-order chi connectivity index (χ1) is 15.3. The highest BCUT2D eigenvalue weighted by atomic mass is 35.5. The summed E-state index contributed by atoms with van der Waals surface area (Å²) in [6.45, 7) is 3.29. The van der Waals surface area contributed by atoms with Gasteiger partial charge < -0.3 is 24.8 Å². The maximum absolute atomic E-state index is 12.8. The van der Waals surface area contributed by atoms with Crippen molar-refractivity contribution in [3.8, 4) is 11.5 Å². The number of nitrogens with one attached hydrogen (secondary N) is 1. The number of benzene rings is 2. The summed E-state index contributed by atoms with van der Waals surface area (Å²) in [5.74, 6) is -1.15. The van der Waals surface area contributed by atoms with Crippen molar-refractivity contribution in [2.75, 3.05) is 33.9 Å². The number of phenols is 1. The van der Waals surface area contributed by atoms with Crippen molar-refractivity contribution in [2.45, 2.75) is 32.2 Å². The van der Waals surface area contributed by atoms with Crippen LogP contribution in [-0.2, 0) is 16.0 Å². The summed E-state index contributed by atoms with van der Waals surface area (Å²) in [6.07, 6.45) is 2.06. The summed E-state index contributed by atoms with van der Waals surface area (Å²) in [6, 6.07) is 11.0. The molecule has 0 aliphatic carbocycles. The topological polar surface area (TPSA) is 88.1 Å². The molecule has 0 heterocycles. The summed E-state index contributed by atoms with van der Waals surface area (Å²) in [7, 11) is 4.01. The van der Waals surface area contributed by atoms with Crippen molar-refractivity contribution in [3.05, 3.63) is 58.6 Å². The van der Waals surface area contributed by atoms with Gasteiger partial charge >= 0.3 is 5.97 Å². The van der Waals surface area contributed by atoms with Crippen LogP contribution in [0.15, 0.2) is 42.5 Å². The molecule has 1 amide bonds. The van der Waals surface area contributed by atoms with Crippen molar-refractivity contribution >= 4 is 23.5 Å². The second-order valence-corrected chi connectivity index (χ2v) is 8.03. The summed E-state index contributed by atoms with van der Waals surface area (Å²) in [4.78, 5) is 27.3. The molecular weight excluding hydrogens is 432 g/mol. The molecular formula is C24H31ClN2O5. The highest BCUT2D eigenvalue weighted by Gasteiger charge is 2.25. The molecule has 0 saturated heterocycles. The van der Waals surface area contributed by atoms with Gasteiger partial charge in [-0.25, -0.2) is 4.79 Å². The Morgan fingerprint density at radius 2 is 1.88 bits per heavy atom. The lowest BCUT2D eigenvalue weighted by Gasteiger charge is -2.18. The first kappa shape index (κ1) is 25.5. The van der Waals surface area contributed by atoms with Crippen LogP contribution in [-0.4, -0.2) is 61.8 Å². The average molecular weight is 463 g/mol. The van der Waals surface area contributed by atoms with Crippen molar-refractivity contribution in [1.82, 2.24) is 10.2 Å². The number of hydrogen-bond acceptors (Lipinski definition) is 6. The lowest BCUT2D eigenvalue weighted by molar-refractivity contribution is -0.145. The second-order valence-electron chi connectivity index (χ2n) is 7.63. The van der Waals surface area contributed by atoms with Crippen molar-refractivity contribution < 1.29 is 24.2 Å². The van der Waals surface area contributed by atoms with Crippen LogP contribution in [0.3, 0.4) is 0 Å². The number of amides is 1. The Hall–Kier alpha value is -2.77. The van der Waals surface area contributed by atoms with E-state index in [-0.39, 0.29) is 29.4 Å². The molecule has 2 N–H and O–H groups in total. The Balaban J connectivity index is 2.07. The number of aromatic hydroxyl groups is 1. The molecule has 0 saturated carbocycles. The van der Waals surface area contributed by atoms with Gasteiger partial charge in [-0.15, -0.1) is 0 Å². The molecule has 0 aromatic heterocycles. The number of carbonyl (C=O) groups excluding carboxylic acids is 2. The molecule has 0 bridgehead atoms. The zero-order valence-corrected chi connectivity index (χ0v) is 19.5. The van der Waals surface area contributed by atoms with Crippen LogP contribution in [0.1, 0.15) is 35.7 Å². The predicted octanol–water partition coefficient (Wildman–Crippen LogP) is 3.67. The van der Waals surface area contributed by atoms with Gasteiger partial charge in [0.1, 0.15) is 17.5 Å². The lowest BCUT2D eigenvalue weighted by atomic mass is 10.1. The molecule has 7 nitrogen and oxygen atoms in total. The third-order valence-electron chi connectivity index (χ3n) is 4.71. The predicted molar refractivity (Wildman–Crippen MR) is 124 cm³/mol. The van der Waals surface area contributed by atoms with Crippen molar-refractivity contribution in [1.29, 1.82) is 0 Å². The fourth-order valence-electron chi connectivity index (χ4n) is 3.07. The van der Waals surface area contributed by atoms with E-state index in [9.17, 15) is 14.7 Å². The number of carbonyl (C=O) groups is 2. The molecule has 0 radical (unpaired) electrons. The summed E-state index contributed by atoms with van der Waals surface area (Å²) in [5.41, 5.74) is 0.823. The monoisotopic (exact) mass is 462 g/mol. The third kappa shape index (κ3) is 8.05. The average Bonchev–Trinajstić information content (AvgIpc) is 2.75. The van der Waals surface area contributed by atoms with Crippen LogP contribution in [0.2, 0.25) is 5.02 Å². The smallest absolute Gasteiger partial charge is 0.328 e. The normalized spacial score (nSPS) is 11.8. The van der Waals surface area contributed by atoms with Gasteiger partial charge in [-0.3, -0.25) is 4.79 Å². The SMILES string of the molecule is CCOC(=O)[C@H](Cc1ccccc1)NC(=O)c1cc(Cl)c(OCCCCN(C)C)cc1O. The van der Waals surface area contributed by atoms with Gasteiger partial charge in [0.15, 0.2) is 0 Å². The van der Waals surface area contributed by atoms with Crippen LogP contribution in [0.25, 0.3) is 0 Å². The molecule has 0 aliphatic heterocycles. The van der Waals surface area contributed by atoms with E-state index in [1.54, 1.807) is 6.92 Å². The van der Waals surface area contributed by atoms with E-state index in [0.29, 0.717) is 12.4 Å². The molecule has 2 aromatic carbocycles. The number of phenolic OH excluding ortho intramolecular Hbond substituents is 1. The molecule has 2 rings (SSSR count). The van der Waals surface area contributed by atoms with Crippen LogP contribution >= 0.6 is 11.6 Å². The van der Waals surface area contributed by atoms with Gasteiger partial charge in [0.2, 0.25) is 0 Å². The Kier molecular flexibility index (Phi) is 10.3. The van der Waals surface area contributed by atoms with Gasteiger partial charge in [-0.05, 0) is 52.0 Å². The number of hydrogen-bond donors (Lipinski definition) is 2. The van der Waals surface area contributed by atoms with Crippen LogP contribution in [0.4, 0.5) is 0 Å². The first-order valence-electron chi connectivity index (χ1n) is 10.6. The zero-order chi connectivity index (χ0) is 23.5. The van der Waals surface area contributed by atoms with E-state index in [1.807, 2.05) is 44.4 Å². The number of rotatable bonds is 12. The molecule has 2 aromatic rings. The van der Waals surface area contributed by atoms with E-state index in [4.69, 9.17) is 21.1 Å². The highest BCUT2D eigenvalue weighted by Crippen LogP contribution is 2.32. The van der Waals surface area contributed by atoms with Gasteiger partial charge in [0.05, 0.1) is 23.8 Å². The Bertz CT molecular complexity index is 889. The standard InChI is InChI=1S/C24H31ClN2O5/c1-4-31-24(30)20(14-17-10-6-5-7-11-17)26-23(29)18-15-19(25)22(16-21(18)28)32-13-9-8-12-27(2)3/h5-7,10-11,15-16,20,28H,4,8-9,12-14H2,1-3H3,(H,26,29)/t20-/m0/s1. The Labute approximate surface area is 194 Å². The van der Waals surface area contributed by atoms with Gasteiger partial charge in [0.25, 0.3) is 5.91 Å². The highest BCUT2D eigenvalue weighted by molar-refractivity contribution is 6.32. The number of ether oxygens (including phenoxy) is 2. The van der Waals surface area contributed by atoms with E-state index in [2.05, 4.69) is 10.2 Å². The molecule has 0 aliphatic rings. The number of nitrogens with zero attached hydrogens (tertiary/aromatic N) is 1. The minimum Gasteiger partial charge on any atom is -0.507 e. The summed E-state index contributed by atoms with van der Waals surface area (Å²) < 4.78 is 10.7. The lowest BCUT2D eigenvalue weighted by Crippen LogP contribution is -2.43. The first-order valence-corrected chi connectivity index (χ1v) is 11.0. The minimum atomic E-state index is -0.907. The Morgan fingerprint density at radius 3 is 2.53 bits per heavy atom. The fraction of sp³-hybridized carbons (Fsp3) is 0.417. The largest absolute Gasteiger partial charge is 0.507 e. The third-order valence-corrected chi connectivity index (χ3v) is 5.01. The molecule has 0 unspecified atom stereocenters. The van der Waals surface area contributed by atoms with Crippen LogP contribution in [0.5, 0.6) is 11.5 Å². The number of esters is 1.